The number of Topliss-reactive ketones (excluding diaryl/α,β-unsaturated/α-hetero) is 1. The molecule has 5 heteroatoms. The topological polar surface area (TPSA) is 52.7 Å². The van der Waals surface area contributed by atoms with E-state index in [9.17, 15) is 9.59 Å². The Morgan fingerprint density at radius 2 is 1.68 bits per heavy atom. The van der Waals surface area contributed by atoms with Crippen LogP contribution in [0, 0.1) is 5.92 Å². The third kappa shape index (κ3) is 8.72. The van der Waals surface area contributed by atoms with Gasteiger partial charge < -0.3 is 10.2 Å². The summed E-state index contributed by atoms with van der Waals surface area (Å²) < 4.78 is 0. The highest BCUT2D eigenvalue weighted by molar-refractivity contribution is 5.88. The number of rotatable bonds is 9. The number of carbonyl (C=O) groups excluding carboxylic acids is 2. The van der Waals surface area contributed by atoms with Crippen molar-refractivity contribution in [1.82, 2.24) is 15.1 Å². The van der Waals surface area contributed by atoms with Crippen LogP contribution in [0.5, 0.6) is 0 Å². The Balaban J connectivity index is 4.05. The number of carbonyl (C=O) groups is 2. The van der Waals surface area contributed by atoms with Crippen LogP contribution in [0.3, 0.4) is 0 Å². The van der Waals surface area contributed by atoms with E-state index in [0.717, 1.165) is 19.5 Å². The minimum absolute atomic E-state index is 0.0126. The van der Waals surface area contributed by atoms with Crippen LogP contribution >= 0.6 is 0 Å². The summed E-state index contributed by atoms with van der Waals surface area (Å²) in [7, 11) is 5.99. The van der Waals surface area contributed by atoms with Crippen LogP contribution in [0.2, 0.25) is 0 Å². The maximum absolute atomic E-state index is 11.9. The first-order valence-corrected chi connectivity index (χ1v) is 6.87. The smallest absolute Gasteiger partial charge is 0.234 e. The lowest BCUT2D eigenvalue weighted by atomic mass is 10.0. The van der Waals surface area contributed by atoms with E-state index in [0.29, 0.717) is 6.54 Å². The second-order valence-corrected chi connectivity index (χ2v) is 5.79. The summed E-state index contributed by atoms with van der Waals surface area (Å²) in [6.45, 7) is 7.61. The fourth-order valence-corrected chi connectivity index (χ4v) is 1.94. The summed E-state index contributed by atoms with van der Waals surface area (Å²) in [6, 6.07) is -0.373. The van der Waals surface area contributed by atoms with Crippen LogP contribution in [0.25, 0.3) is 0 Å². The fourth-order valence-electron chi connectivity index (χ4n) is 1.94. The van der Waals surface area contributed by atoms with Crippen molar-refractivity contribution >= 4 is 11.7 Å². The van der Waals surface area contributed by atoms with Crippen LogP contribution in [-0.2, 0) is 9.59 Å². The standard InChI is InChI=1S/C14H29N3O2/c1-11(2)14(12(3)18)15-13(19)10-17(6)9-7-8-16(4)5/h11,14H,7-10H2,1-6H3,(H,15,19). The van der Waals surface area contributed by atoms with Crippen molar-refractivity contribution in [3.8, 4) is 0 Å². The minimum Gasteiger partial charge on any atom is -0.345 e. The molecule has 0 aliphatic carbocycles. The molecule has 0 saturated carbocycles. The van der Waals surface area contributed by atoms with E-state index in [4.69, 9.17) is 0 Å². The van der Waals surface area contributed by atoms with E-state index in [1.807, 2.05) is 39.9 Å². The van der Waals surface area contributed by atoms with Gasteiger partial charge in [-0.1, -0.05) is 13.8 Å². The Morgan fingerprint density at radius 3 is 2.11 bits per heavy atom. The molecule has 0 saturated heterocycles. The van der Waals surface area contributed by atoms with Crippen LogP contribution in [0.1, 0.15) is 27.2 Å². The quantitative estimate of drug-likeness (QED) is 0.667. The summed E-state index contributed by atoms with van der Waals surface area (Å²) in [5.41, 5.74) is 0. The largest absolute Gasteiger partial charge is 0.345 e. The van der Waals surface area contributed by atoms with E-state index < -0.39 is 0 Å². The van der Waals surface area contributed by atoms with E-state index in [2.05, 4.69) is 10.2 Å². The molecule has 0 aliphatic heterocycles. The number of ketones is 1. The third-order valence-electron chi connectivity index (χ3n) is 2.98. The monoisotopic (exact) mass is 271 g/mol. The predicted octanol–water partition coefficient (Wildman–Crippen LogP) is 0.600. The number of likely N-dealkylation sites (N-methyl/N-ethyl adjacent to an activating group) is 1. The van der Waals surface area contributed by atoms with Gasteiger partial charge in [-0.05, 0) is 53.5 Å². The van der Waals surface area contributed by atoms with E-state index in [1.54, 1.807) is 0 Å². The van der Waals surface area contributed by atoms with Crippen LogP contribution in [0.15, 0.2) is 0 Å². The van der Waals surface area contributed by atoms with Crippen molar-refractivity contribution in [1.29, 1.82) is 0 Å². The number of hydrogen-bond donors (Lipinski definition) is 1. The van der Waals surface area contributed by atoms with Gasteiger partial charge in [-0.15, -0.1) is 0 Å². The summed E-state index contributed by atoms with van der Waals surface area (Å²) in [5.74, 6) is 0.0559. The molecule has 112 valence electrons. The van der Waals surface area contributed by atoms with Crippen molar-refractivity contribution in [2.75, 3.05) is 40.8 Å². The molecular weight excluding hydrogens is 242 g/mol. The Bertz CT molecular complexity index is 290. The van der Waals surface area contributed by atoms with Crippen molar-refractivity contribution in [3.63, 3.8) is 0 Å². The van der Waals surface area contributed by atoms with Crippen LogP contribution in [0.4, 0.5) is 0 Å². The molecule has 0 spiro atoms. The van der Waals surface area contributed by atoms with Crippen LogP contribution < -0.4 is 5.32 Å². The van der Waals surface area contributed by atoms with Crippen LogP contribution in [-0.4, -0.2) is 68.3 Å². The number of nitrogens with one attached hydrogen (secondary N) is 1. The molecule has 19 heavy (non-hydrogen) atoms. The summed E-state index contributed by atoms with van der Waals surface area (Å²) in [6.07, 6.45) is 1.02. The highest BCUT2D eigenvalue weighted by atomic mass is 16.2. The average molecular weight is 271 g/mol. The molecule has 5 nitrogen and oxygen atoms in total. The molecule has 0 bridgehead atoms. The number of hydrogen-bond acceptors (Lipinski definition) is 4. The van der Waals surface area contributed by atoms with Gasteiger partial charge in [-0.25, -0.2) is 0 Å². The first-order chi connectivity index (χ1) is 8.73. The zero-order valence-electron chi connectivity index (χ0n) is 13.2. The Hall–Kier alpha value is -0.940. The van der Waals surface area contributed by atoms with Crippen molar-refractivity contribution in [2.45, 2.75) is 33.2 Å². The Kier molecular flexibility index (Phi) is 8.59. The van der Waals surface area contributed by atoms with Gasteiger partial charge in [-0.2, -0.15) is 0 Å². The molecule has 0 aromatic heterocycles. The van der Waals surface area contributed by atoms with E-state index in [1.165, 1.54) is 6.92 Å². The molecule has 0 aliphatic rings. The normalized spacial score (nSPS) is 13.1. The fraction of sp³-hybridized carbons (Fsp3) is 0.857. The number of amides is 1. The predicted molar refractivity (Wildman–Crippen MR) is 78.1 cm³/mol. The van der Waals surface area contributed by atoms with Gasteiger partial charge in [0.1, 0.15) is 0 Å². The minimum atomic E-state index is -0.373. The van der Waals surface area contributed by atoms with Crippen molar-refractivity contribution in [2.24, 2.45) is 5.92 Å². The van der Waals surface area contributed by atoms with Gasteiger partial charge in [0.15, 0.2) is 5.78 Å². The second kappa shape index (κ2) is 9.04. The number of nitrogens with zero attached hydrogens (tertiary/aromatic N) is 2. The SMILES string of the molecule is CC(=O)C(NC(=O)CN(C)CCCN(C)C)C(C)C. The maximum atomic E-state index is 11.9. The lowest BCUT2D eigenvalue weighted by molar-refractivity contribution is -0.128. The summed E-state index contributed by atoms with van der Waals surface area (Å²) >= 11 is 0. The summed E-state index contributed by atoms with van der Waals surface area (Å²) in [4.78, 5) is 27.4. The highest BCUT2D eigenvalue weighted by Crippen LogP contribution is 2.02. The van der Waals surface area contributed by atoms with Crippen molar-refractivity contribution < 1.29 is 9.59 Å². The van der Waals surface area contributed by atoms with E-state index >= 15 is 0 Å². The van der Waals surface area contributed by atoms with Crippen molar-refractivity contribution in [3.05, 3.63) is 0 Å². The molecule has 0 heterocycles. The highest BCUT2D eigenvalue weighted by Gasteiger charge is 2.20. The summed E-state index contributed by atoms with van der Waals surface area (Å²) in [5, 5.41) is 2.81. The zero-order valence-corrected chi connectivity index (χ0v) is 13.2. The molecule has 0 aromatic rings. The molecule has 1 amide bonds. The zero-order chi connectivity index (χ0) is 15.0. The van der Waals surface area contributed by atoms with Gasteiger partial charge in [0.25, 0.3) is 0 Å². The molecule has 0 aromatic carbocycles. The molecule has 1 N–H and O–H groups in total. The third-order valence-corrected chi connectivity index (χ3v) is 2.98. The molecule has 0 radical (unpaired) electrons. The molecule has 1 unspecified atom stereocenters. The molecular formula is C14H29N3O2. The van der Waals surface area contributed by atoms with Gasteiger partial charge in [0.05, 0.1) is 12.6 Å². The average Bonchev–Trinajstić information content (AvgIpc) is 2.24. The first-order valence-electron chi connectivity index (χ1n) is 6.87. The Morgan fingerprint density at radius 1 is 1.11 bits per heavy atom. The van der Waals surface area contributed by atoms with E-state index in [-0.39, 0.29) is 23.7 Å². The van der Waals surface area contributed by atoms with Gasteiger partial charge in [0.2, 0.25) is 5.91 Å². The van der Waals surface area contributed by atoms with Gasteiger partial charge in [-0.3, -0.25) is 14.5 Å². The molecule has 0 rings (SSSR count). The second-order valence-electron chi connectivity index (χ2n) is 5.79. The Labute approximate surface area is 117 Å². The van der Waals surface area contributed by atoms with Gasteiger partial charge in [0, 0.05) is 0 Å². The first kappa shape index (κ1) is 18.1. The lowest BCUT2D eigenvalue weighted by Gasteiger charge is -2.22. The lowest BCUT2D eigenvalue weighted by Crippen LogP contribution is -2.47. The maximum Gasteiger partial charge on any atom is 0.234 e. The molecule has 1 atom stereocenters. The molecule has 0 fully saturated rings. The van der Waals surface area contributed by atoms with Gasteiger partial charge >= 0.3 is 0 Å².